The molecule has 4 nitrogen and oxygen atoms in total. The van der Waals surface area contributed by atoms with Gasteiger partial charge in [-0.25, -0.2) is 19.9 Å². The average molecular weight is 1460 g/mol. The van der Waals surface area contributed by atoms with E-state index in [1.54, 1.807) is 0 Å². The number of halogens is 14. The predicted molar refractivity (Wildman–Crippen MR) is 393 cm³/mol. The van der Waals surface area contributed by atoms with Crippen LogP contribution in [0.25, 0.3) is 65.2 Å². The zero-order valence-electron chi connectivity index (χ0n) is 60.8. The van der Waals surface area contributed by atoms with Crippen molar-refractivity contribution in [1.29, 1.82) is 0 Å². The molecule has 0 fully saturated rings. The molecule has 0 N–H and O–H groups in total. The van der Waals surface area contributed by atoms with Crippen LogP contribution in [0.5, 0.6) is 0 Å². The predicted octanol–water partition coefficient (Wildman–Crippen LogP) is 25.9. The van der Waals surface area contributed by atoms with E-state index in [-0.39, 0.29) is 22.1 Å². The summed E-state index contributed by atoms with van der Waals surface area (Å²) >= 11 is 0. The minimum atomic E-state index is -6.70. The number of nitrogens with zero attached hydrogens (tertiary/aromatic N) is 4. The number of fused-ring (bicyclic) bond motifs is 2. The molecule has 2 heterocycles. The number of alkyl halides is 14. The van der Waals surface area contributed by atoms with E-state index < -0.39 is 80.0 Å². The van der Waals surface area contributed by atoms with Gasteiger partial charge in [0.1, 0.15) is 0 Å². The Morgan fingerprint density at radius 3 is 0.531 bits per heavy atom. The fraction of sp³-hybridized carbons (Fsp3) is 0.711. The molecule has 0 spiro atoms. The van der Waals surface area contributed by atoms with Crippen LogP contribution in [0.4, 0.5) is 61.5 Å². The fourth-order valence-electron chi connectivity index (χ4n) is 16.8. The van der Waals surface area contributed by atoms with Gasteiger partial charge >= 0.3 is 36.0 Å². The zero-order chi connectivity index (χ0) is 72.5. The third-order valence-electron chi connectivity index (χ3n) is 22.6. The topological polar surface area (TPSA) is 51.6 Å². The highest BCUT2D eigenvalue weighted by molar-refractivity contribution is 6.96. The van der Waals surface area contributed by atoms with Crippen LogP contribution >= 0.6 is 0 Å². The first-order valence-electron chi connectivity index (χ1n) is 38.0. The van der Waals surface area contributed by atoms with Gasteiger partial charge in [0.15, 0.2) is 0 Å². The van der Waals surface area contributed by atoms with Crippen molar-refractivity contribution in [3.05, 3.63) is 35.9 Å². The van der Waals surface area contributed by atoms with Crippen molar-refractivity contribution in [3.8, 4) is 0 Å². The molecule has 22 heteroatoms. The fourth-order valence-corrected chi connectivity index (χ4v) is 40.0. The molecule has 550 valence electrons. The normalized spacial score (nSPS) is 14.1. The van der Waals surface area contributed by atoms with Crippen LogP contribution in [0.2, 0.25) is 72.5 Å². The number of aromatic nitrogens is 4. The SMILES string of the molecule is CCCC[Si](CCCC)(CCCC)c1cc2c3cc([Si](CCCC)(CCCC)CCCC)c4nc(C(F)(F)C(F)(F)C(F)(F)F)nc5c([Si](CCCC)(CCCC)CCCC)cc(c6cc([Si](CCCC)(CCCC)CCCC)c7nc(C(F)(F)C(F)(F)C(F)(F)F)nc1c7c26)c3c45. The molecular formula is C76H112F14N4Si4. The molecule has 0 amide bonds. The van der Waals surface area contributed by atoms with Crippen molar-refractivity contribution in [2.24, 2.45) is 0 Å². The van der Waals surface area contributed by atoms with Crippen molar-refractivity contribution in [1.82, 2.24) is 19.9 Å². The highest BCUT2D eigenvalue weighted by Crippen LogP contribution is 2.55. The summed E-state index contributed by atoms with van der Waals surface area (Å²) in [6.45, 7) is 24.6. The quantitative estimate of drug-likeness (QED) is 0.0165. The lowest BCUT2D eigenvalue weighted by atomic mass is 9.88. The second-order valence-corrected chi connectivity index (χ2v) is 47.9. The van der Waals surface area contributed by atoms with Gasteiger partial charge in [-0.3, -0.25) is 0 Å². The van der Waals surface area contributed by atoms with Crippen LogP contribution in [-0.2, 0) is 11.8 Å². The largest absolute Gasteiger partial charge is 0.460 e. The molecule has 0 unspecified atom stereocenters. The molecule has 0 radical (unpaired) electrons. The Bertz CT molecular complexity index is 3190. The van der Waals surface area contributed by atoms with Crippen LogP contribution in [0.15, 0.2) is 24.3 Å². The minimum Gasteiger partial charge on any atom is -0.227 e. The minimum absolute atomic E-state index is 0.0365. The van der Waals surface area contributed by atoms with Gasteiger partial charge in [0, 0.05) is 21.5 Å². The summed E-state index contributed by atoms with van der Waals surface area (Å²) in [6.07, 6.45) is 3.58. The Labute approximate surface area is 578 Å². The Morgan fingerprint density at radius 2 is 0.398 bits per heavy atom. The van der Waals surface area contributed by atoms with Crippen LogP contribution in [0.3, 0.4) is 0 Å². The summed E-state index contributed by atoms with van der Waals surface area (Å²) in [5.41, 5.74) is -0.146. The summed E-state index contributed by atoms with van der Waals surface area (Å²) in [6, 6.07) is 15.3. The van der Waals surface area contributed by atoms with E-state index >= 15 is 35.1 Å². The van der Waals surface area contributed by atoms with Gasteiger partial charge in [0.2, 0.25) is 11.6 Å². The van der Waals surface area contributed by atoms with Gasteiger partial charge in [0.25, 0.3) is 0 Å². The van der Waals surface area contributed by atoms with Gasteiger partial charge in [-0.2, -0.15) is 61.5 Å². The van der Waals surface area contributed by atoms with E-state index in [0.717, 1.165) is 77.0 Å². The molecule has 5 aromatic carbocycles. The third-order valence-corrected chi connectivity index (χ3v) is 44.4. The lowest BCUT2D eigenvalue weighted by Gasteiger charge is -2.38. The summed E-state index contributed by atoms with van der Waals surface area (Å²) in [4.78, 5) is 18.5. The Hall–Kier alpha value is -3.77. The molecule has 0 bridgehead atoms. The molecule has 0 aliphatic carbocycles. The van der Waals surface area contributed by atoms with E-state index in [2.05, 4.69) is 19.9 Å². The molecule has 7 rings (SSSR count). The second-order valence-electron chi connectivity index (χ2n) is 29.5. The van der Waals surface area contributed by atoms with Gasteiger partial charge in [-0.05, 0) is 42.3 Å². The maximum absolute atomic E-state index is 17.5. The van der Waals surface area contributed by atoms with E-state index in [0.29, 0.717) is 213 Å². The zero-order valence-corrected chi connectivity index (χ0v) is 64.8. The van der Waals surface area contributed by atoms with Crippen LogP contribution in [0.1, 0.15) is 249 Å². The summed E-state index contributed by atoms with van der Waals surface area (Å²) < 4.78 is 224. The standard InChI is InChI=1S/C76H112F14N4Si4/c1-13-25-37-95(38-26-14-2,39-27-15-3)57-49-53-54-50-59(97(43-31-19-7,44-32-20-8)45-33-21-9)67-64-62(54)56(52-60(98(46-34-22-10,47-35-23-11)48-36-24-12)68(64)94-70(93-67)72(79,80)74(83,84)76(88,89)90)55-51-58(96(40-28-16-4,41-29-17-5)42-30-18-6)66-63(61(53)55)65(57)91-69(92-66)71(77,78)73(81,82)75(85,86)87/h49-52H,13-48H2,1-12H3. The number of unbranched alkanes of at least 4 members (excludes halogenated alkanes) is 12. The van der Waals surface area contributed by atoms with Crippen molar-refractivity contribution >= 4 is 118 Å². The molecule has 98 heavy (non-hydrogen) atoms. The van der Waals surface area contributed by atoms with Crippen molar-refractivity contribution < 1.29 is 61.5 Å². The Balaban J connectivity index is 2.08. The monoisotopic (exact) mass is 1460 g/mol. The van der Waals surface area contributed by atoms with Crippen LogP contribution in [0, 0.1) is 0 Å². The van der Waals surface area contributed by atoms with Gasteiger partial charge in [-0.1, -0.05) is 334 Å². The van der Waals surface area contributed by atoms with Crippen molar-refractivity contribution in [2.75, 3.05) is 0 Å². The third kappa shape index (κ3) is 15.3. The summed E-state index contributed by atoms with van der Waals surface area (Å²) in [5.74, 6) is -28.8. The van der Waals surface area contributed by atoms with Gasteiger partial charge < -0.3 is 0 Å². The number of rotatable bonds is 44. The van der Waals surface area contributed by atoms with Crippen LogP contribution < -0.4 is 20.7 Å². The van der Waals surface area contributed by atoms with Crippen molar-refractivity contribution in [2.45, 2.75) is 346 Å². The summed E-state index contributed by atoms with van der Waals surface area (Å²) in [7, 11) is -13.0. The van der Waals surface area contributed by atoms with Gasteiger partial charge in [-0.15, -0.1) is 0 Å². The molecule has 0 atom stereocenters. The second kappa shape index (κ2) is 33.3. The molecular weight excluding hydrogens is 1350 g/mol. The van der Waals surface area contributed by atoms with E-state index in [4.69, 9.17) is 0 Å². The number of hydrogen-bond acceptors (Lipinski definition) is 4. The molecule has 7 aromatic rings. The van der Waals surface area contributed by atoms with Crippen molar-refractivity contribution in [3.63, 3.8) is 0 Å². The van der Waals surface area contributed by atoms with Gasteiger partial charge in [0.05, 0.1) is 54.4 Å². The first-order chi connectivity index (χ1) is 46.3. The summed E-state index contributed by atoms with van der Waals surface area (Å²) in [5, 5.41) is 6.34. The smallest absolute Gasteiger partial charge is 0.227 e. The molecule has 0 saturated carbocycles. The first kappa shape index (κ1) is 81.5. The highest BCUT2D eigenvalue weighted by atomic mass is 28.3. The van der Waals surface area contributed by atoms with E-state index in [9.17, 15) is 26.3 Å². The van der Waals surface area contributed by atoms with Crippen LogP contribution in [-0.4, -0.2) is 76.4 Å². The Morgan fingerprint density at radius 1 is 0.245 bits per heavy atom. The highest BCUT2D eigenvalue weighted by Gasteiger charge is 2.76. The number of benzene rings is 5. The maximum Gasteiger partial charge on any atom is 0.460 e. The molecule has 2 aromatic heterocycles. The molecule has 0 saturated heterocycles. The first-order valence-corrected chi connectivity index (χ1v) is 48.5. The molecule has 0 aliphatic heterocycles. The molecule has 0 aliphatic rings. The average Bonchev–Trinajstić information content (AvgIpc) is 0.672. The van der Waals surface area contributed by atoms with E-state index in [1.807, 2.05) is 107 Å². The maximum atomic E-state index is 17.5. The Kier molecular flexibility index (Phi) is 27.7. The van der Waals surface area contributed by atoms with E-state index in [1.165, 1.54) is 0 Å². The lowest BCUT2D eigenvalue weighted by molar-refractivity contribution is -0.361. The lowest BCUT2D eigenvalue weighted by Crippen LogP contribution is -2.52. The number of hydrogen-bond donors (Lipinski definition) is 0.